The Labute approximate surface area is 103 Å². The number of aryl methyl sites for hydroxylation is 2. The van der Waals surface area contributed by atoms with Crippen LogP contribution in [0.5, 0.6) is 0 Å². The van der Waals surface area contributed by atoms with Gasteiger partial charge in [-0.15, -0.1) is 0 Å². The lowest BCUT2D eigenvalue weighted by Crippen LogP contribution is -2.02. The molecule has 0 saturated heterocycles. The van der Waals surface area contributed by atoms with E-state index in [0.717, 1.165) is 37.8 Å². The number of carbonyl (C=O) groups excluding carboxylic acids is 1. The first kappa shape index (κ1) is 13.8. The molecular formula is C14H21NO2. The van der Waals surface area contributed by atoms with Crippen LogP contribution >= 0.6 is 0 Å². The van der Waals surface area contributed by atoms with Crippen molar-refractivity contribution in [3.05, 3.63) is 29.6 Å². The summed E-state index contributed by atoms with van der Waals surface area (Å²) >= 11 is 0. The number of hydrogen-bond donors (Lipinski definition) is 1. The molecule has 0 radical (unpaired) electrons. The van der Waals surface area contributed by atoms with Gasteiger partial charge in [-0.3, -0.25) is 9.78 Å². The molecule has 1 rings (SSSR count). The lowest BCUT2D eigenvalue weighted by atomic mass is 10.1. The summed E-state index contributed by atoms with van der Waals surface area (Å²) in [5.41, 5.74) is 2.40. The van der Waals surface area contributed by atoms with E-state index in [1.807, 2.05) is 13.1 Å². The van der Waals surface area contributed by atoms with Gasteiger partial charge in [-0.25, -0.2) is 0 Å². The summed E-state index contributed by atoms with van der Waals surface area (Å²) in [5.74, 6) is -0.0465. The molecule has 1 aromatic rings. The van der Waals surface area contributed by atoms with Crippen molar-refractivity contribution in [2.45, 2.75) is 45.4 Å². The van der Waals surface area contributed by atoms with Gasteiger partial charge in [-0.1, -0.05) is 12.8 Å². The van der Waals surface area contributed by atoms with Gasteiger partial charge in [0.15, 0.2) is 5.78 Å². The van der Waals surface area contributed by atoms with Crippen molar-refractivity contribution in [1.29, 1.82) is 0 Å². The van der Waals surface area contributed by atoms with Gasteiger partial charge in [-0.2, -0.15) is 0 Å². The Morgan fingerprint density at radius 3 is 2.76 bits per heavy atom. The predicted molar refractivity (Wildman–Crippen MR) is 67.9 cm³/mol. The topological polar surface area (TPSA) is 50.2 Å². The van der Waals surface area contributed by atoms with E-state index < -0.39 is 0 Å². The number of aliphatic hydroxyl groups excluding tert-OH is 1. The monoisotopic (exact) mass is 235 g/mol. The fourth-order valence-electron chi connectivity index (χ4n) is 1.84. The third-order valence-corrected chi connectivity index (χ3v) is 2.81. The molecular weight excluding hydrogens is 214 g/mol. The SMILES string of the molecule is Cc1cc(CCCCCCC(=O)CO)ccn1. The lowest BCUT2D eigenvalue weighted by Gasteiger charge is -2.02. The number of nitrogens with zero attached hydrogens (tertiary/aromatic N) is 1. The highest BCUT2D eigenvalue weighted by Crippen LogP contribution is 2.09. The van der Waals surface area contributed by atoms with Crippen LogP contribution in [-0.4, -0.2) is 22.5 Å². The highest BCUT2D eigenvalue weighted by Gasteiger charge is 1.99. The standard InChI is InChI=1S/C14H21NO2/c1-12-10-13(8-9-15-12)6-4-2-3-5-7-14(17)11-16/h8-10,16H,2-7,11H2,1H3. The molecule has 0 aliphatic heterocycles. The minimum absolute atomic E-state index is 0.0465. The summed E-state index contributed by atoms with van der Waals surface area (Å²) in [5, 5.41) is 8.56. The number of unbranched alkanes of at least 4 members (excludes halogenated alkanes) is 3. The van der Waals surface area contributed by atoms with E-state index in [1.54, 1.807) is 0 Å². The number of rotatable bonds is 8. The first-order valence-corrected chi connectivity index (χ1v) is 6.26. The zero-order valence-corrected chi connectivity index (χ0v) is 10.5. The fraction of sp³-hybridized carbons (Fsp3) is 0.571. The highest BCUT2D eigenvalue weighted by molar-refractivity contribution is 5.79. The second kappa shape index (κ2) is 7.96. The first-order valence-electron chi connectivity index (χ1n) is 6.26. The quantitative estimate of drug-likeness (QED) is 0.704. The molecule has 1 heterocycles. The van der Waals surface area contributed by atoms with Crippen molar-refractivity contribution in [2.24, 2.45) is 0 Å². The van der Waals surface area contributed by atoms with Crippen molar-refractivity contribution in [1.82, 2.24) is 4.98 Å². The summed E-state index contributed by atoms with van der Waals surface area (Å²) in [6.45, 7) is 1.69. The maximum atomic E-state index is 10.8. The number of pyridine rings is 1. The van der Waals surface area contributed by atoms with Crippen molar-refractivity contribution >= 4 is 5.78 Å². The largest absolute Gasteiger partial charge is 0.389 e. The van der Waals surface area contributed by atoms with Crippen molar-refractivity contribution in [3.63, 3.8) is 0 Å². The Morgan fingerprint density at radius 1 is 1.29 bits per heavy atom. The van der Waals surface area contributed by atoms with Crippen LogP contribution in [-0.2, 0) is 11.2 Å². The van der Waals surface area contributed by atoms with Crippen LogP contribution in [0, 0.1) is 6.92 Å². The summed E-state index contributed by atoms with van der Waals surface area (Å²) < 4.78 is 0. The number of Topliss-reactive ketones (excluding diaryl/α,β-unsaturated/α-hetero) is 1. The molecule has 0 saturated carbocycles. The van der Waals surface area contributed by atoms with Crippen LogP contribution in [0.4, 0.5) is 0 Å². The molecule has 0 fully saturated rings. The van der Waals surface area contributed by atoms with Gasteiger partial charge in [0.25, 0.3) is 0 Å². The molecule has 17 heavy (non-hydrogen) atoms. The summed E-state index contributed by atoms with van der Waals surface area (Å²) in [7, 11) is 0. The maximum Gasteiger partial charge on any atom is 0.158 e. The third kappa shape index (κ3) is 6.17. The van der Waals surface area contributed by atoms with Gasteiger partial charge in [-0.05, 0) is 43.9 Å². The van der Waals surface area contributed by atoms with E-state index in [9.17, 15) is 4.79 Å². The predicted octanol–water partition coefficient (Wildman–Crippen LogP) is 2.44. The van der Waals surface area contributed by atoms with Crippen molar-refractivity contribution in [2.75, 3.05) is 6.61 Å². The summed E-state index contributed by atoms with van der Waals surface area (Å²) in [6.07, 6.45) is 7.70. The second-order valence-electron chi connectivity index (χ2n) is 4.42. The van der Waals surface area contributed by atoms with Crippen LogP contribution < -0.4 is 0 Å². The molecule has 0 amide bonds. The average Bonchev–Trinajstić information content (AvgIpc) is 2.33. The Bertz CT molecular complexity index is 350. The molecule has 0 aliphatic rings. The van der Waals surface area contributed by atoms with E-state index >= 15 is 0 Å². The molecule has 94 valence electrons. The van der Waals surface area contributed by atoms with Gasteiger partial charge in [0, 0.05) is 18.3 Å². The number of carbonyl (C=O) groups is 1. The van der Waals surface area contributed by atoms with Crippen LogP contribution in [0.2, 0.25) is 0 Å². The third-order valence-electron chi connectivity index (χ3n) is 2.81. The second-order valence-corrected chi connectivity index (χ2v) is 4.42. The Balaban J connectivity index is 2.06. The molecule has 0 aliphatic carbocycles. The smallest absolute Gasteiger partial charge is 0.158 e. The van der Waals surface area contributed by atoms with E-state index in [2.05, 4.69) is 17.1 Å². The summed E-state index contributed by atoms with van der Waals surface area (Å²) in [6, 6.07) is 4.18. The first-order chi connectivity index (χ1) is 8.22. The Kier molecular flexibility index (Phi) is 6.48. The van der Waals surface area contributed by atoms with E-state index in [4.69, 9.17) is 5.11 Å². The van der Waals surface area contributed by atoms with E-state index in [0.29, 0.717) is 6.42 Å². The zero-order chi connectivity index (χ0) is 12.5. The van der Waals surface area contributed by atoms with Crippen LogP contribution in [0.25, 0.3) is 0 Å². The number of aromatic nitrogens is 1. The number of hydrogen-bond acceptors (Lipinski definition) is 3. The van der Waals surface area contributed by atoms with Gasteiger partial charge in [0.05, 0.1) is 0 Å². The normalized spacial score (nSPS) is 10.5. The van der Waals surface area contributed by atoms with Crippen molar-refractivity contribution < 1.29 is 9.90 Å². The molecule has 1 aromatic heterocycles. The van der Waals surface area contributed by atoms with Gasteiger partial charge < -0.3 is 5.11 Å². The Hall–Kier alpha value is -1.22. The minimum atomic E-state index is -0.309. The molecule has 0 unspecified atom stereocenters. The molecule has 0 atom stereocenters. The van der Waals surface area contributed by atoms with Crippen molar-refractivity contribution in [3.8, 4) is 0 Å². The molecule has 0 spiro atoms. The van der Waals surface area contributed by atoms with Crippen LogP contribution in [0.1, 0.15) is 43.4 Å². The van der Waals surface area contributed by atoms with Gasteiger partial charge >= 0.3 is 0 Å². The fourth-order valence-corrected chi connectivity index (χ4v) is 1.84. The molecule has 1 N–H and O–H groups in total. The molecule has 0 bridgehead atoms. The lowest BCUT2D eigenvalue weighted by molar-refractivity contribution is -0.121. The summed E-state index contributed by atoms with van der Waals surface area (Å²) in [4.78, 5) is 15.0. The minimum Gasteiger partial charge on any atom is -0.389 e. The number of ketones is 1. The molecule has 0 aromatic carbocycles. The van der Waals surface area contributed by atoms with Crippen LogP contribution in [0.15, 0.2) is 18.3 Å². The van der Waals surface area contributed by atoms with E-state index in [-0.39, 0.29) is 12.4 Å². The molecule has 3 heteroatoms. The maximum absolute atomic E-state index is 10.8. The average molecular weight is 235 g/mol. The van der Waals surface area contributed by atoms with E-state index in [1.165, 1.54) is 5.56 Å². The molecule has 3 nitrogen and oxygen atoms in total. The Morgan fingerprint density at radius 2 is 2.06 bits per heavy atom. The highest BCUT2D eigenvalue weighted by atomic mass is 16.3. The number of aliphatic hydroxyl groups is 1. The van der Waals surface area contributed by atoms with Crippen LogP contribution in [0.3, 0.4) is 0 Å². The van der Waals surface area contributed by atoms with Gasteiger partial charge in [0.2, 0.25) is 0 Å². The zero-order valence-electron chi connectivity index (χ0n) is 10.5. The van der Waals surface area contributed by atoms with Gasteiger partial charge in [0.1, 0.15) is 6.61 Å².